The SMILES string of the molecule is N#Cc1cccc2c1ccn2Cc1ccc(Br)o1. The smallest absolute Gasteiger partial charge is 0.169 e. The van der Waals surface area contributed by atoms with Crippen LogP contribution >= 0.6 is 15.9 Å². The van der Waals surface area contributed by atoms with Crippen LogP contribution in [-0.4, -0.2) is 4.57 Å². The molecule has 3 aromatic rings. The van der Waals surface area contributed by atoms with E-state index in [0.29, 0.717) is 12.1 Å². The lowest BCUT2D eigenvalue weighted by molar-refractivity contribution is 0.477. The number of nitrogens with zero attached hydrogens (tertiary/aromatic N) is 2. The van der Waals surface area contributed by atoms with E-state index >= 15 is 0 Å². The zero-order valence-corrected chi connectivity index (χ0v) is 11.0. The monoisotopic (exact) mass is 300 g/mol. The van der Waals surface area contributed by atoms with Crippen molar-refractivity contribution in [2.75, 3.05) is 0 Å². The van der Waals surface area contributed by atoms with Crippen LogP contribution in [0.25, 0.3) is 10.9 Å². The topological polar surface area (TPSA) is 41.9 Å². The van der Waals surface area contributed by atoms with Gasteiger partial charge in [0.2, 0.25) is 0 Å². The predicted molar refractivity (Wildman–Crippen MR) is 72.2 cm³/mol. The number of fused-ring (bicyclic) bond motifs is 1. The van der Waals surface area contributed by atoms with Crippen LogP contribution in [-0.2, 0) is 6.54 Å². The van der Waals surface area contributed by atoms with Crippen molar-refractivity contribution in [2.24, 2.45) is 0 Å². The van der Waals surface area contributed by atoms with Crippen LogP contribution in [0.5, 0.6) is 0 Å². The maximum absolute atomic E-state index is 9.05. The van der Waals surface area contributed by atoms with Crippen molar-refractivity contribution in [2.45, 2.75) is 6.54 Å². The van der Waals surface area contributed by atoms with Gasteiger partial charge in [-0.05, 0) is 46.3 Å². The maximum atomic E-state index is 9.05. The number of aromatic nitrogens is 1. The second-order valence-corrected chi connectivity index (χ2v) is 4.78. The van der Waals surface area contributed by atoms with E-state index in [2.05, 4.69) is 26.6 Å². The van der Waals surface area contributed by atoms with Gasteiger partial charge in [-0.3, -0.25) is 0 Å². The Bertz CT molecular complexity index is 749. The molecule has 0 radical (unpaired) electrons. The van der Waals surface area contributed by atoms with E-state index in [1.54, 1.807) is 0 Å². The van der Waals surface area contributed by atoms with Crippen LogP contribution < -0.4 is 0 Å². The fourth-order valence-electron chi connectivity index (χ4n) is 2.06. The molecule has 4 heteroatoms. The first kappa shape index (κ1) is 11.1. The Morgan fingerprint density at radius 2 is 2.11 bits per heavy atom. The molecule has 0 spiro atoms. The molecule has 88 valence electrons. The molecule has 3 nitrogen and oxygen atoms in total. The minimum atomic E-state index is 0.657. The molecule has 0 bridgehead atoms. The fraction of sp³-hybridized carbons (Fsp3) is 0.0714. The summed E-state index contributed by atoms with van der Waals surface area (Å²) in [4.78, 5) is 0. The van der Waals surface area contributed by atoms with E-state index < -0.39 is 0 Å². The highest BCUT2D eigenvalue weighted by Crippen LogP contribution is 2.22. The fourth-order valence-corrected chi connectivity index (χ4v) is 2.40. The highest BCUT2D eigenvalue weighted by molar-refractivity contribution is 9.10. The van der Waals surface area contributed by atoms with Crippen molar-refractivity contribution < 1.29 is 4.42 Å². The third kappa shape index (κ3) is 1.83. The second-order valence-electron chi connectivity index (χ2n) is 4.00. The molecular formula is C14H9BrN2O. The summed E-state index contributed by atoms with van der Waals surface area (Å²) < 4.78 is 8.29. The van der Waals surface area contributed by atoms with Crippen molar-refractivity contribution in [1.29, 1.82) is 5.26 Å². The summed E-state index contributed by atoms with van der Waals surface area (Å²) in [5.41, 5.74) is 1.74. The van der Waals surface area contributed by atoms with Crippen LogP contribution in [0.3, 0.4) is 0 Å². The Morgan fingerprint density at radius 3 is 2.83 bits per heavy atom. The lowest BCUT2D eigenvalue weighted by Gasteiger charge is -2.03. The Morgan fingerprint density at radius 1 is 1.22 bits per heavy atom. The van der Waals surface area contributed by atoms with Crippen LogP contribution in [0.2, 0.25) is 0 Å². The van der Waals surface area contributed by atoms with Gasteiger partial charge in [0.15, 0.2) is 4.67 Å². The highest BCUT2D eigenvalue weighted by Gasteiger charge is 2.07. The number of nitriles is 1. The Balaban J connectivity index is 2.06. The molecular weight excluding hydrogens is 292 g/mol. The molecule has 0 amide bonds. The molecule has 0 saturated carbocycles. The molecule has 0 aliphatic heterocycles. The summed E-state index contributed by atoms with van der Waals surface area (Å²) in [7, 11) is 0. The standard InChI is InChI=1S/C14H9BrN2O/c15-14-5-4-11(18-14)9-17-7-6-12-10(8-16)2-1-3-13(12)17/h1-7H,9H2. The van der Waals surface area contributed by atoms with E-state index in [4.69, 9.17) is 9.68 Å². The third-order valence-corrected chi connectivity index (χ3v) is 3.32. The van der Waals surface area contributed by atoms with Gasteiger partial charge >= 0.3 is 0 Å². The molecule has 0 aliphatic rings. The number of benzene rings is 1. The molecule has 0 fully saturated rings. The molecule has 1 aromatic carbocycles. The summed E-state index contributed by atoms with van der Waals surface area (Å²) in [6.07, 6.45) is 1.97. The van der Waals surface area contributed by atoms with E-state index in [0.717, 1.165) is 21.3 Å². The van der Waals surface area contributed by atoms with Gasteiger partial charge in [-0.15, -0.1) is 0 Å². The zero-order valence-electron chi connectivity index (χ0n) is 9.43. The Hall–Kier alpha value is -1.99. The zero-order chi connectivity index (χ0) is 12.5. The van der Waals surface area contributed by atoms with Crippen LogP contribution in [0, 0.1) is 11.3 Å². The first-order valence-electron chi connectivity index (χ1n) is 5.50. The third-order valence-electron chi connectivity index (χ3n) is 2.89. The number of rotatable bonds is 2. The van der Waals surface area contributed by atoms with E-state index in [1.807, 2.05) is 42.6 Å². The van der Waals surface area contributed by atoms with Gasteiger partial charge in [-0.1, -0.05) is 6.07 Å². The van der Waals surface area contributed by atoms with Gasteiger partial charge in [0.1, 0.15) is 5.76 Å². The summed E-state index contributed by atoms with van der Waals surface area (Å²) in [5, 5.41) is 10.0. The Kier molecular flexibility index (Phi) is 2.69. The van der Waals surface area contributed by atoms with Crippen molar-refractivity contribution in [1.82, 2.24) is 4.57 Å². The van der Waals surface area contributed by atoms with E-state index in [-0.39, 0.29) is 0 Å². The molecule has 2 aromatic heterocycles. The van der Waals surface area contributed by atoms with Gasteiger partial charge in [0.25, 0.3) is 0 Å². The van der Waals surface area contributed by atoms with E-state index in [1.165, 1.54) is 0 Å². The van der Waals surface area contributed by atoms with Crippen LogP contribution in [0.15, 0.2) is 51.7 Å². The van der Waals surface area contributed by atoms with Gasteiger partial charge in [-0.25, -0.2) is 0 Å². The highest BCUT2D eigenvalue weighted by atomic mass is 79.9. The van der Waals surface area contributed by atoms with Crippen molar-refractivity contribution >= 4 is 26.8 Å². The van der Waals surface area contributed by atoms with Gasteiger partial charge < -0.3 is 8.98 Å². The van der Waals surface area contributed by atoms with Crippen LogP contribution in [0.4, 0.5) is 0 Å². The minimum absolute atomic E-state index is 0.657. The average Bonchev–Trinajstić information content (AvgIpc) is 2.97. The largest absolute Gasteiger partial charge is 0.452 e. The average molecular weight is 301 g/mol. The molecule has 0 atom stereocenters. The quantitative estimate of drug-likeness (QED) is 0.720. The first-order valence-corrected chi connectivity index (χ1v) is 6.29. The number of furan rings is 1. The maximum Gasteiger partial charge on any atom is 0.169 e. The number of hydrogen-bond donors (Lipinski definition) is 0. The van der Waals surface area contributed by atoms with Gasteiger partial charge in [0, 0.05) is 17.1 Å². The molecule has 0 aliphatic carbocycles. The summed E-state index contributed by atoms with van der Waals surface area (Å²) in [6, 6.07) is 13.7. The van der Waals surface area contributed by atoms with Crippen molar-refractivity contribution in [3.8, 4) is 6.07 Å². The van der Waals surface area contributed by atoms with E-state index in [9.17, 15) is 0 Å². The summed E-state index contributed by atoms with van der Waals surface area (Å²) in [5.74, 6) is 0.877. The van der Waals surface area contributed by atoms with Crippen molar-refractivity contribution in [3.63, 3.8) is 0 Å². The van der Waals surface area contributed by atoms with Crippen LogP contribution in [0.1, 0.15) is 11.3 Å². The van der Waals surface area contributed by atoms with Crippen molar-refractivity contribution in [3.05, 3.63) is 58.6 Å². The second kappa shape index (κ2) is 4.35. The number of hydrogen-bond acceptors (Lipinski definition) is 2. The molecule has 0 N–H and O–H groups in total. The predicted octanol–water partition coefficient (Wildman–Crippen LogP) is 3.92. The molecule has 0 unspecified atom stereocenters. The lowest BCUT2D eigenvalue weighted by atomic mass is 10.1. The minimum Gasteiger partial charge on any atom is -0.452 e. The van der Waals surface area contributed by atoms with Gasteiger partial charge in [-0.2, -0.15) is 5.26 Å². The first-order chi connectivity index (χ1) is 8.78. The molecule has 0 saturated heterocycles. The number of halogens is 1. The molecule has 3 rings (SSSR count). The normalized spacial score (nSPS) is 10.7. The van der Waals surface area contributed by atoms with Gasteiger partial charge in [0.05, 0.1) is 18.2 Å². The molecule has 18 heavy (non-hydrogen) atoms. The lowest BCUT2D eigenvalue weighted by Crippen LogP contribution is -1.96. The summed E-state index contributed by atoms with van der Waals surface area (Å²) in [6.45, 7) is 0.657. The summed E-state index contributed by atoms with van der Waals surface area (Å²) >= 11 is 3.29. The Labute approximate surface area is 112 Å². The molecule has 2 heterocycles.